The second-order valence-corrected chi connectivity index (χ2v) is 2.05. The third kappa shape index (κ3) is 4.93. The molecule has 0 unspecified atom stereocenters. The maximum Gasteiger partial charge on any atom is 0.318 e. The van der Waals surface area contributed by atoms with Gasteiger partial charge in [-0.05, 0) is 11.8 Å². The zero-order chi connectivity index (χ0) is 7.98. The number of nitrogens with two attached hydrogens (primary N) is 1. The van der Waals surface area contributed by atoms with Crippen LogP contribution in [-0.4, -0.2) is 17.7 Å². The zero-order valence-electron chi connectivity index (χ0n) is 4.96. The fourth-order valence-corrected chi connectivity index (χ4v) is 0.539. The van der Waals surface area contributed by atoms with Crippen LogP contribution in [0.5, 0.6) is 0 Å². The number of imide groups is 1. The number of nitrogens with one attached hydrogen (secondary N) is 1. The van der Waals surface area contributed by atoms with E-state index < -0.39 is 11.9 Å². The molecular formula is C4H5N3O2S. The molecule has 0 aliphatic rings. The second-order valence-electron chi connectivity index (χ2n) is 1.29. The van der Waals surface area contributed by atoms with Gasteiger partial charge < -0.3 is 5.73 Å². The molecule has 5 nitrogen and oxygen atoms in total. The maximum atomic E-state index is 10.4. The third-order valence-corrected chi connectivity index (χ3v) is 1.07. The van der Waals surface area contributed by atoms with Gasteiger partial charge in [0.15, 0.2) is 0 Å². The summed E-state index contributed by atoms with van der Waals surface area (Å²) in [5.74, 6) is -0.626. The minimum atomic E-state index is -0.900. The minimum Gasteiger partial charge on any atom is -0.351 e. The molecule has 0 aromatic heterocycles. The highest BCUT2D eigenvalue weighted by Gasteiger charge is 2.02. The molecule has 0 radical (unpaired) electrons. The highest BCUT2D eigenvalue weighted by molar-refractivity contribution is 8.04. The van der Waals surface area contributed by atoms with Crippen LogP contribution in [0.2, 0.25) is 0 Å². The first kappa shape index (κ1) is 8.78. The monoisotopic (exact) mass is 159 g/mol. The van der Waals surface area contributed by atoms with Crippen molar-refractivity contribution in [2.24, 2.45) is 5.73 Å². The Kier molecular flexibility index (Phi) is 4.07. The normalized spacial score (nSPS) is 7.90. The predicted octanol–water partition coefficient (Wildman–Crippen LogP) is -0.604. The number of amides is 3. The molecule has 0 heterocycles. The number of rotatable bonds is 2. The Hall–Kier alpha value is -1.22. The summed E-state index contributed by atoms with van der Waals surface area (Å²) in [6.07, 6.45) is 0. The number of nitrogens with zero attached hydrogens (tertiary/aromatic N) is 1. The average molecular weight is 159 g/mol. The Balaban J connectivity index is 3.47. The van der Waals surface area contributed by atoms with Gasteiger partial charge in [0.1, 0.15) is 5.40 Å². The van der Waals surface area contributed by atoms with Crippen LogP contribution in [0.1, 0.15) is 0 Å². The van der Waals surface area contributed by atoms with E-state index in [1.807, 2.05) is 0 Å². The van der Waals surface area contributed by atoms with Crippen LogP contribution in [0.3, 0.4) is 0 Å². The summed E-state index contributed by atoms with van der Waals surface area (Å²) in [4.78, 5) is 20.4. The quantitative estimate of drug-likeness (QED) is 0.525. The van der Waals surface area contributed by atoms with Crippen molar-refractivity contribution >= 4 is 23.7 Å². The second kappa shape index (κ2) is 4.64. The van der Waals surface area contributed by atoms with E-state index in [9.17, 15) is 9.59 Å². The Morgan fingerprint density at radius 2 is 2.30 bits per heavy atom. The summed E-state index contributed by atoms with van der Waals surface area (Å²) in [5, 5.41) is 11.4. The van der Waals surface area contributed by atoms with Crippen LogP contribution >= 0.6 is 11.8 Å². The van der Waals surface area contributed by atoms with Crippen LogP contribution in [-0.2, 0) is 4.79 Å². The van der Waals surface area contributed by atoms with Gasteiger partial charge in [-0.1, -0.05) is 0 Å². The molecule has 54 valence electrons. The molecular weight excluding hydrogens is 154 g/mol. The van der Waals surface area contributed by atoms with Gasteiger partial charge in [-0.25, -0.2) is 4.79 Å². The van der Waals surface area contributed by atoms with Gasteiger partial charge in [-0.15, -0.1) is 0 Å². The van der Waals surface area contributed by atoms with Crippen LogP contribution in [0.15, 0.2) is 0 Å². The van der Waals surface area contributed by atoms with Crippen molar-refractivity contribution in [3.8, 4) is 5.40 Å². The Bertz CT molecular complexity index is 185. The number of carbonyl (C=O) groups excluding carboxylic acids is 2. The predicted molar refractivity (Wildman–Crippen MR) is 35.8 cm³/mol. The van der Waals surface area contributed by atoms with Crippen LogP contribution in [0.25, 0.3) is 0 Å². The summed E-state index contributed by atoms with van der Waals surface area (Å²) in [6, 6.07) is -0.900. The molecule has 0 aromatic carbocycles. The number of hydrogen-bond acceptors (Lipinski definition) is 4. The van der Waals surface area contributed by atoms with Gasteiger partial charge >= 0.3 is 6.03 Å². The fourth-order valence-electron chi connectivity index (χ4n) is 0.271. The van der Waals surface area contributed by atoms with Crippen molar-refractivity contribution in [2.75, 3.05) is 5.75 Å². The molecule has 0 saturated heterocycles. The minimum absolute atomic E-state index is 0.0700. The molecule has 0 aliphatic carbocycles. The van der Waals surface area contributed by atoms with E-state index in [-0.39, 0.29) is 5.75 Å². The van der Waals surface area contributed by atoms with E-state index in [0.717, 1.165) is 11.8 Å². The lowest BCUT2D eigenvalue weighted by molar-refractivity contribution is -0.117. The SMILES string of the molecule is N#CSCC(=O)NC(N)=O. The molecule has 3 amide bonds. The number of nitriles is 1. The van der Waals surface area contributed by atoms with Gasteiger partial charge in [0.05, 0.1) is 5.75 Å². The molecule has 0 aliphatic heterocycles. The molecule has 0 rings (SSSR count). The highest BCUT2D eigenvalue weighted by atomic mass is 32.2. The number of thioether (sulfide) groups is 1. The standard InChI is InChI=1S/C4H5N3O2S/c5-2-10-1-3(8)7-4(6)9/h1H2,(H3,6,7,8,9). The van der Waals surface area contributed by atoms with Crippen molar-refractivity contribution in [1.82, 2.24) is 5.32 Å². The van der Waals surface area contributed by atoms with E-state index >= 15 is 0 Å². The lowest BCUT2D eigenvalue weighted by atomic mass is 10.7. The van der Waals surface area contributed by atoms with Gasteiger partial charge in [0, 0.05) is 0 Å². The summed E-state index contributed by atoms with van der Waals surface area (Å²) in [7, 11) is 0. The Morgan fingerprint density at radius 3 is 2.70 bits per heavy atom. The first-order chi connectivity index (χ1) is 4.66. The van der Waals surface area contributed by atoms with Gasteiger partial charge in [0.25, 0.3) is 0 Å². The van der Waals surface area contributed by atoms with Crippen LogP contribution in [0.4, 0.5) is 4.79 Å². The van der Waals surface area contributed by atoms with E-state index in [4.69, 9.17) is 5.26 Å². The summed E-state index contributed by atoms with van der Waals surface area (Å²) < 4.78 is 0. The molecule has 0 saturated carbocycles. The van der Waals surface area contributed by atoms with Gasteiger partial charge in [-0.2, -0.15) is 5.26 Å². The van der Waals surface area contributed by atoms with E-state index in [0.29, 0.717) is 0 Å². The molecule has 10 heavy (non-hydrogen) atoms. The van der Waals surface area contributed by atoms with Crippen LogP contribution in [0, 0.1) is 10.7 Å². The summed E-state index contributed by atoms with van der Waals surface area (Å²) in [6.45, 7) is 0. The Morgan fingerprint density at radius 1 is 1.70 bits per heavy atom. The lowest BCUT2D eigenvalue weighted by Gasteiger charge is -1.94. The van der Waals surface area contributed by atoms with Crippen molar-refractivity contribution in [3.05, 3.63) is 0 Å². The molecule has 0 fully saturated rings. The first-order valence-corrected chi connectivity index (χ1v) is 3.25. The first-order valence-electron chi connectivity index (χ1n) is 2.27. The molecule has 0 bridgehead atoms. The molecule has 0 atom stereocenters. The van der Waals surface area contributed by atoms with Gasteiger partial charge in [0.2, 0.25) is 5.91 Å². The number of urea groups is 1. The molecule has 3 N–H and O–H groups in total. The van der Waals surface area contributed by atoms with Gasteiger partial charge in [-0.3, -0.25) is 10.1 Å². The van der Waals surface area contributed by atoms with Crippen molar-refractivity contribution < 1.29 is 9.59 Å². The summed E-state index contributed by atoms with van der Waals surface area (Å²) in [5.41, 5.74) is 4.60. The van der Waals surface area contributed by atoms with Crippen LogP contribution < -0.4 is 11.1 Å². The number of primary amides is 1. The molecule has 0 aromatic rings. The smallest absolute Gasteiger partial charge is 0.318 e. The molecule has 6 heteroatoms. The number of carbonyl (C=O) groups is 2. The average Bonchev–Trinajstić information content (AvgIpc) is 1.82. The van der Waals surface area contributed by atoms with Crippen molar-refractivity contribution in [3.63, 3.8) is 0 Å². The van der Waals surface area contributed by atoms with E-state index in [1.54, 1.807) is 10.7 Å². The number of hydrogen-bond donors (Lipinski definition) is 2. The van der Waals surface area contributed by atoms with Crippen molar-refractivity contribution in [1.29, 1.82) is 5.26 Å². The zero-order valence-corrected chi connectivity index (χ0v) is 5.77. The topological polar surface area (TPSA) is 96.0 Å². The maximum absolute atomic E-state index is 10.4. The fraction of sp³-hybridized carbons (Fsp3) is 0.250. The number of thiocyanates is 1. The van der Waals surface area contributed by atoms with E-state index in [1.165, 1.54) is 0 Å². The third-order valence-electron chi connectivity index (χ3n) is 0.530. The molecule has 0 spiro atoms. The lowest BCUT2D eigenvalue weighted by Crippen LogP contribution is -2.35. The van der Waals surface area contributed by atoms with E-state index in [2.05, 4.69) is 5.73 Å². The Labute approximate surface area is 61.6 Å². The largest absolute Gasteiger partial charge is 0.351 e. The van der Waals surface area contributed by atoms with Crippen molar-refractivity contribution in [2.45, 2.75) is 0 Å². The highest BCUT2D eigenvalue weighted by Crippen LogP contribution is 1.92. The summed E-state index contributed by atoms with van der Waals surface area (Å²) >= 11 is 0.744.